The van der Waals surface area contributed by atoms with Gasteiger partial charge in [0.2, 0.25) is 0 Å². The quantitative estimate of drug-likeness (QED) is 0.467. The number of amides is 1. The Labute approximate surface area is 154 Å². The summed E-state index contributed by atoms with van der Waals surface area (Å²) in [7, 11) is 0. The van der Waals surface area contributed by atoms with Crippen LogP contribution in [0.4, 0.5) is 10.1 Å². The number of halogens is 2. The van der Waals surface area contributed by atoms with Gasteiger partial charge in [-0.05, 0) is 30.3 Å². The lowest BCUT2D eigenvalue weighted by atomic mass is 10.2. The maximum Gasteiger partial charge on any atom is 0.275 e. The topological polar surface area (TPSA) is 57.8 Å². The van der Waals surface area contributed by atoms with E-state index in [1.165, 1.54) is 23.5 Å². The number of H-pyrrole nitrogens is 1. The van der Waals surface area contributed by atoms with Crippen LogP contribution >= 0.6 is 27.3 Å². The molecule has 4 aromatic rings. The zero-order valence-corrected chi connectivity index (χ0v) is 15.1. The van der Waals surface area contributed by atoms with Crippen LogP contribution in [0.25, 0.3) is 21.6 Å². The molecule has 0 fully saturated rings. The maximum atomic E-state index is 13.8. The average Bonchev–Trinajstić information content (AvgIpc) is 3.23. The van der Waals surface area contributed by atoms with E-state index in [0.29, 0.717) is 9.48 Å². The lowest BCUT2D eigenvalue weighted by Gasteiger charge is -2.04. The van der Waals surface area contributed by atoms with Gasteiger partial charge in [-0.15, -0.1) is 11.3 Å². The van der Waals surface area contributed by atoms with Gasteiger partial charge < -0.3 is 10.3 Å². The number of para-hydroxylation sites is 1. The lowest BCUT2D eigenvalue weighted by Crippen LogP contribution is -2.13. The molecule has 0 unspecified atom stereocenters. The van der Waals surface area contributed by atoms with Gasteiger partial charge in [0.05, 0.1) is 11.4 Å². The Balaban J connectivity index is 1.58. The minimum atomic E-state index is -0.506. The summed E-state index contributed by atoms with van der Waals surface area (Å²) < 4.78 is 14.5. The zero-order valence-electron chi connectivity index (χ0n) is 12.7. The highest BCUT2D eigenvalue weighted by atomic mass is 79.9. The van der Waals surface area contributed by atoms with Crippen LogP contribution in [0.3, 0.4) is 0 Å². The second kappa shape index (κ2) is 6.42. The highest BCUT2D eigenvalue weighted by Gasteiger charge is 2.15. The first-order valence-corrected chi connectivity index (χ1v) is 9.07. The molecule has 124 valence electrons. The van der Waals surface area contributed by atoms with Crippen molar-refractivity contribution in [2.24, 2.45) is 0 Å². The number of carbonyl (C=O) groups excluding carboxylic acids is 1. The molecule has 2 N–H and O–H groups in total. The van der Waals surface area contributed by atoms with E-state index in [2.05, 4.69) is 31.2 Å². The number of rotatable bonds is 3. The molecule has 0 saturated carbocycles. The van der Waals surface area contributed by atoms with Crippen LogP contribution in [0.2, 0.25) is 0 Å². The predicted octanol–water partition coefficient (Wildman–Crippen LogP) is 5.45. The summed E-state index contributed by atoms with van der Waals surface area (Å²) in [6, 6.07) is 14.4. The number of benzene rings is 2. The van der Waals surface area contributed by atoms with E-state index >= 15 is 0 Å². The average molecular weight is 416 g/mol. The zero-order chi connectivity index (χ0) is 17.4. The Bertz CT molecular complexity index is 1060. The molecule has 0 radical (unpaired) electrons. The van der Waals surface area contributed by atoms with E-state index in [-0.39, 0.29) is 11.4 Å². The number of nitrogens with zero attached hydrogens (tertiary/aromatic N) is 1. The highest BCUT2D eigenvalue weighted by Crippen LogP contribution is 2.27. The minimum Gasteiger partial charge on any atom is -0.353 e. The first kappa shape index (κ1) is 16.0. The number of hydrogen-bond acceptors (Lipinski definition) is 3. The van der Waals surface area contributed by atoms with Crippen LogP contribution < -0.4 is 5.32 Å². The molecule has 0 aliphatic carbocycles. The number of nitrogens with one attached hydrogen (secondary N) is 2. The second-order valence-electron chi connectivity index (χ2n) is 5.39. The van der Waals surface area contributed by atoms with Crippen LogP contribution in [0, 0.1) is 5.82 Å². The van der Waals surface area contributed by atoms with Crippen LogP contribution in [0.5, 0.6) is 0 Å². The molecule has 2 heterocycles. The van der Waals surface area contributed by atoms with E-state index in [1.54, 1.807) is 11.4 Å². The fourth-order valence-corrected chi connectivity index (χ4v) is 3.57. The molecule has 4 nitrogen and oxygen atoms in total. The number of anilines is 1. The number of aromatic amines is 1. The van der Waals surface area contributed by atoms with Gasteiger partial charge >= 0.3 is 0 Å². The molecular weight excluding hydrogens is 405 g/mol. The van der Waals surface area contributed by atoms with E-state index in [0.717, 1.165) is 16.6 Å². The van der Waals surface area contributed by atoms with Gasteiger partial charge in [-0.3, -0.25) is 4.79 Å². The summed E-state index contributed by atoms with van der Waals surface area (Å²) in [6.45, 7) is 0. The Kier molecular flexibility index (Phi) is 4.10. The molecule has 2 aromatic carbocycles. The van der Waals surface area contributed by atoms with E-state index in [4.69, 9.17) is 0 Å². The Hall–Kier alpha value is -2.51. The molecule has 0 saturated heterocycles. The van der Waals surface area contributed by atoms with Crippen molar-refractivity contribution in [3.63, 3.8) is 0 Å². The smallest absolute Gasteiger partial charge is 0.275 e. The third kappa shape index (κ3) is 3.20. The van der Waals surface area contributed by atoms with Crippen LogP contribution in [0.15, 0.2) is 58.4 Å². The Morgan fingerprint density at radius 1 is 1.20 bits per heavy atom. The van der Waals surface area contributed by atoms with Gasteiger partial charge in [0.1, 0.15) is 16.5 Å². The minimum absolute atomic E-state index is 0.119. The van der Waals surface area contributed by atoms with Crippen molar-refractivity contribution < 1.29 is 9.18 Å². The summed E-state index contributed by atoms with van der Waals surface area (Å²) in [5, 5.41) is 5.99. The van der Waals surface area contributed by atoms with Gasteiger partial charge in [0, 0.05) is 20.8 Å². The van der Waals surface area contributed by atoms with Crippen molar-refractivity contribution in [2.75, 3.05) is 5.32 Å². The largest absolute Gasteiger partial charge is 0.353 e. The Morgan fingerprint density at radius 3 is 2.84 bits per heavy atom. The molecule has 0 aliphatic rings. The van der Waals surface area contributed by atoms with Crippen molar-refractivity contribution in [1.82, 2.24) is 9.97 Å². The molecule has 1 amide bonds. The summed E-state index contributed by atoms with van der Waals surface area (Å²) in [6.07, 6.45) is 0. The standard InChI is InChI=1S/C18H11BrFN3OS/c19-11-5-6-14(12(20)8-11)22-17(24)16-9-25-18(23-16)15-7-10-3-1-2-4-13(10)21-15/h1-9,21H,(H,22,24). The molecule has 0 aliphatic heterocycles. The number of aromatic nitrogens is 2. The first-order valence-electron chi connectivity index (χ1n) is 7.40. The first-order chi connectivity index (χ1) is 12.1. The molecule has 2 aromatic heterocycles. The van der Waals surface area contributed by atoms with Crippen LogP contribution in [-0.2, 0) is 0 Å². The number of carbonyl (C=O) groups is 1. The number of fused-ring (bicyclic) bond motifs is 1. The van der Waals surface area contributed by atoms with Crippen LogP contribution in [-0.4, -0.2) is 15.9 Å². The van der Waals surface area contributed by atoms with Crippen molar-refractivity contribution >= 4 is 49.8 Å². The van der Waals surface area contributed by atoms with Gasteiger partial charge in [0.25, 0.3) is 5.91 Å². The molecule has 4 rings (SSSR count). The van der Waals surface area contributed by atoms with E-state index in [1.807, 2.05) is 30.3 Å². The van der Waals surface area contributed by atoms with E-state index in [9.17, 15) is 9.18 Å². The Morgan fingerprint density at radius 2 is 2.04 bits per heavy atom. The fraction of sp³-hybridized carbons (Fsp3) is 0. The van der Waals surface area contributed by atoms with Crippen molar-refractivity contribution in [3.05, 3.63) is 69.9 Å². The number of thiazole rings is 1. The summed E-state index contributed by atoms with van der Waals surface area (Å²) in [4.78, 5) is 20.0. The molecule has 25 heavy (non-hydrogen) atoms. The fourth-order valence-electron chi connectivity index (χ4n) is 2.47. The third-order valence-electron chi connectivity index (χ3n) is 3.68. The highest BCUT2D eigenvalue weighted by molar-refractivity contribution is 9.10. The van der Waals surface area contributed by atoms with Gasteiger partial charge in [-0.25, -0.2) is 9.37 Å². The molecule has 0 bridgehead atoms. The third-order valence-corrected chi connectivity index (χ3v) is 5.05. The van der Waals surface area contributed by atoms with Crippen LogP contribution in [0.1, 0.15) is 10.5 Å². The van der Waals surface area contributed by atoms with Gasteiger partial charge in [-0.2, -0.15) is 0 Å². The molecular formula is C18H11BrFN3OS. The van der Waals surface area contributed by atoms with E-state index < -0.39 is 11.7 Å². The summed E-state index contributed by atoms with van der Waals surface area (Å²) in [5.74, 6) is -0.950. The lowest BCUT2D eigenvalue weighted by molar-refractivity contribution is 0.102. The molecule has 0 spiro atoms. The van der Waals surface area contributed by atoms with Gasteiger partial charge in [0.15, 0.2) is 0 Å². The SMILES string of the molecule is O=C(Nc1ccc(Br)cc1F)c1csc(-c2cc3ccccc3[nH]2)n1. The second-order valence-corrected chi connectivity index (χ2v) is 7.16. The predicted molar refractivity (Wildman–Crippen MR) is 101 cm³/mol. The number of hydrogen-bond donors (Lipinski definition) is 2. The summed E-state index contributed by atoms with van der Waals surface area (Å²) >= 11 is 4.54. The van der Waals surface area contributed by atoms with Crippen molar-refractivity contribution in [2.45, 2.75) is 0 Å². The molecule has 7 heteroatoms. The monoisotopic (exact) mass is 415 g/mol. The van der Waals surface area contributed by atoms with Crippen molar-refractivity contribution in [1.29, 1.82) is 0 Å². The van der Waals surface area contributed by atoms with Gasteiger partial charge in [-0.1, -0.05) is 34.1 Å². The normalized spacial score (nSPS) is 11.0. The van der Waals surface area contributed by atoms with Crippen molar-refractivity contribution in [3.8, 4) is 10.7 Å². The maximum absolute atomic E-state index is 13.8. The molecule has 0 atom stereocenters. The summed E-state index contributed by atoms with van der Waals surface area (Å²) in [5.41, 5.74) is 2.23.